The number of aliphatic carboxylic acids is 1. The van der Waals surface area contributed by atoms with Crippen LogP contribution in [-0.4, -0.2) is 48.1 Å². The molecule has 7 N–H and O–H groups in total. The molecule has 2 atom stereocenters. The number of carbonyl (C=O) groups excluding carboxylic acids is 2. The molecule has 0 spiro atoms. The van der Waals surface area contributed by atoms with Crippen LogP contribution < -0.4 is 22.1 Å². The Labute approximate surface area is 124 Å². The topological polar surface area (TPSA) is 148 Å². The van der Waals surface area contributed by atoms with E-state index in [1.54, 1.807) is 13.8 Å². The maximum Gasteiger partial charge on any atom is 0.326 e. The van der Waals surface area contributed by atoms with E-state index in [2.05, 4.69) is 10.6 Å². The van der Waals surface area contributed by atoms with Crippen LogP contribution in [0.1, 0.15) is 33.1 Å². The molecule has 0 radical (unpaired) electrons. The number of nitrogens with two attached hydrogens (primary N) is 2. The first-order valence-electron chi connectivity index (χ1n) is 7.05. The Morgan fingerprint density at radius 1 is 1.19 bits per heavy atom. The van der Waals surface area contributed by atoms with E-state index in [1.165, 1.54) is 0 Å². The Bertz CT molecular complexity index is 360. The largest absolute Gasteiger partial charge is 0.480 e. The van der Waals surface area contributed by atoms with Crippen LogP contribution in [0.5, 0.6) is 0 Å². The van der Waals surface area contributed by atoms with Gasteiger partial charge in [0.25, 0.3) is 0 Å². The highest BCUT2D eigenvalue weighted by atomic mass is 16.4. The Morgan fingerprint density at radius 2 is 1.81 bits per heavy atom. The third-order valence-corrected chi connectivity index (χ3v) is 3.02. The normalized spacial score (nSPS) is 13.6. The molecule has 0 saturated carbocycles. The van der Waals surface area contributed by atoms with Crippen molar-refractivity contribution in [1.29, 1.82) is 0 Å². The molecule has 0 saturated heterocycles. The van der Waals surface area contributed by atoms with Crippen molar-refractivity contribution in [2.45, 2.75) is 45.2 Å². The van der Waals surface area contributed by atoms with Gasteiger partial charge in [-0.25, -0.2) is 4.79 Å². The van der Waals surface area contributed by atoms with E-state index in [9.17, 15) is 14.4 Å². The van der Waals surface area contributed by atoms with Crippen molar-refractivity contribution in [2.75, 3.05) is 13.1 Å². The van der Waals surface area contributed by atoms with E-state index in [-0.39, 0.29) is 12.5 Å². The average molecular weight is 302 g/mol. The van der Waals surface area contributed by atoms with Crippen LogP contribution in [0.15, 0.2) is 0 Å². The van der Waals surface area contributed by atoms with Gasteiger partial charge in [-0.15, -0.1) is 0 Å². The lowest BCUT2D eigenvalue weighted by atomic mass is 10.1. The van der Waals surface area contributed by atoms with Crippen molar-refractivity contribution in [1.82, 2.24) is 10.6 Å². The summed E-state index contributed by atoms with van der Waals surface area (Å²) >= 11 is 0. The third kappa shape index (κ3) is 8.26. The first-order valence-corrected chi connectivity index (χ1v) is 7.05. The summed E-state index contributed by atoms with van der Waals surface area (Å²) in [6.45, 7) is 3.77. The number of carboxylic acids is 1. The molecule has 0 aromatic rings. The molecule has 0 bridgehead atoms. The van der Waals surface area contributed by atoms with Crippen LogP contribution in [0.25, 0.3) is 0 Å². The fourth-order valence-corrected chi connectivity index (χ4v) is 1.58. The third-order valence-electron chi connectivity index (χ3n) is 3.02. The van der Waals surface area contributed by atoms with Gasteiger partial charge in [-0.1, -0.05) is 13.8 Å². The molecule has 0 aromatic carbocycles. The van der Waals surface area contributed by atoms with Crippen molar-refractivity contribution >= 4 is 17.8 Å². The number of hydrogen-bond donors (Lipinski definition) is 5. The van der Waals surface area contributed by atoms with E-state index in [0.717, 1.165) is 0 Å². The highest BCUT2D eigenvalue weighted by Crippen LogP contribution is 2.01. The molecule has 0 aliphatic rings. The number of hydrogen-bond acceptors (Lipinski definition) is 5. The molecule has 8 nitrogen and oxygen atoms in total. The molecule has 2 amide bonds. The van der Waals surface area contributed by atoms with Crippen molar-refractivity contribution < 1.29 is 19.5 Å². The van der Waals surface area contributed by atoms with Gasteiger partial charge in [0, 0.05) is 0 Å². The monoisotopic (exact) mass is 302 g/mol. The molecule has 122 valence electrons. The van der Waals surface area contributed by atoms with E-state index in [4.69, 9.17) is 16.6 Å². The summed E-state index contributed by atoms with van der Waals surface area (Å²) in [6, 6.07) is -1.67. The Balaban J connectivity index is 4.20. The first-order chi connectivity index (χ1) is 9.79. The number of amides is 2. The van der Waals surface area contributed by atoms with Gasteiger partial charge in [-0.3, -0.25) is 9.59 Å². The standard InChI is InChI=1S/C13H26N4O4/c1-8(2)11(15)12(19)16-7-10(18)17-9(13(20)21)5-3-4-6-14/h8-9,11H,3-7,14-15H2,1-2H3,(H,16,19)(H,17,18)(H,20,21). The zero-order valence-corrected chi connectivity index (χ0v) is 12.6. The zero-order chi connectivity index (χ0) is 16.4. The lowest BCUT2D eigenvalue weighted by Crippen LogP contribution is -2.49. The molecule has 0 aliphatic heterocycles. The second kappa shape index (κ2) is 10.1. The molecule has 0 rings (SSSR count). The molecule has 0 aromatic heterocycles. The summed E-state index contributed by atoms with van der Waals surface area (Å²) < 4.78 is 0. The van der Waals surface area contributed by atoms with E-state index < -0.39 is 29.9 Å². The smallest absolute Gasteiger partial charge is 0.326 e. The van der Waals surface area contributed by atoms with Gasteiger partial charge in [-0.2, -0.15) is 0 Å². The first kappa shape index (κ1) is 19.3. The molecule has 0 fully saturated rings. The Hall–Kier alpha value is -1.67. The highest BCUT2D eigenvalue weighted by Gasteiger charge is 2.21. The molecular formula is C13H26N4O4. The minimum atomic E-state index is -1.11. The second-order valence-corrected chi connectivity index (χ2v) is 5.23. The zero-order valence-electron chi connectivity index (χ0n) is 12.6. The lowest BCUT2D eigenvalue weighted by molar-refractivity contribution is -0.142. The molecule has 2 unspecified atom stereocenters. The number of carboxylic acid groups (broad SMARTS) is 1. The van der Waals surface area contributed by atoms with Crippen molar-refractivity contribution in [2.24, 2.45) is 17.4 Å². The number of nitrogens with one attached hydrogen (secondary N) is 2. The molecular weight excluding hydrogens is 276 g/mol. The van der Waals surface area contributed by atoms with Gasteiger partial charge in [0.05, 0.1) is 12.6 Å². The predicted octanol–water partition coefficient (Wildman–Crippen LogP) is -1.22. The average Bonchev–Trinajstić information content (AvgIpc) is 2.42. The predicted molar refractivity (Wildman–Crippen MR) is 78.3 cm³/mol. The van der Waals surface area contributed by atoms with E-state index in [0.29, 0.717) is 25.8 Å². The summed E-state index contributed by atoms with van der Waals surface area (Å²) in [4.78, 5) is 34.2. The number of carbonyl (C=O) groups is 3. The fourth-order valence-electron chi connectivity index (χ4n) is 1.58. The van der Waals surface area contributed by atoms with Crippen LogP contribution in [-0.2, 0) is 14.4 Å². The SMILES string of the molecule is CC(C)C(N)C(=O)NCC(=O)NC(CCCCN)C(=O)O. The van der Waals surface area contributed by atoms with Crippen LogP contribution >= 0.6 is 0 Å². The fraction of sp³-hybridized carbons (Fsp3) is 0.769. The van der Waals surface area contributed by atoms with E-state index in [1.807, 2.05) is 0 Å². The molecule has 8 heteroatoms. The van der Waals surface area contributed by atoms with Gasteiger partial charge < -0.3 is 27.2 Å². The van der Waals surface area contributed by atoms with Crippen molar-refractivity contribution in [3.05, 3.63) is 0 Å². The van der Waals surface area contributed by atoms with Crippen molar-refractivity contribution in [3.63, 3.8) is 0 Å². The van der Waals surface area contributed by atoms with Gasteiger partial charge in [0.1, 0.15) is 6.04 Å². The Morgan fingerprint density at radius 3 is 2.29 bits per heavy atom. The van der Waals surface area contributed by atoms with Crippen LogP contribution in [0, 0.1) is 5.92 Å². The van der Waals surface area contributed by atoms with Gasteiger partial charge in [-0.05, 0) is 31.7 Å². The summed E-state index contributed by atoms with van der Waals surface area (Å²) in [5.74, 6) is -2.14. The summed E-state index contributed by atoms with van der Waals surface area (Å²) in [7, 11) is 0. The molecule has 0 aliphatic carbocycles. The summed E-state index contributed by atoms with van der Waals surface area (Å²) in [5.41, 5.74) is 11.0. The second-order valence-electron chi connectivity index (χ2n) is 5.23. The van der Waals surface area contributed by atoms with Gasteiger partial charge in [0.15, 0.2) is 0 Å². The minimum Gasteiger partial charge on any atom is -0.480 e. The summed E-state index contributed by atoms with van der Waals surface area (Å²) in [5, 5.41) is 13.8. The van der Waals surface area contributed by atoms with Crippen LogP contribution in [0.2, 0.25) is 0 Å². The van der Waals surface area contributed by atoms with Gasteiger partial charge in [0.2, 0.25) is 11.8 Å². The Kier molecular flexibility index (Phi) is 9.31. The summed E-state index contributed by atoms with van der Waals surface area (Å²) in [6.07, 6.45) is 1.61. The molecule has 21 heavy (non-hydrogen) atoms. The lowest BCUT2D eigenvalue weighted by Gasteiger charge is -2.17. The van der Waals surface area contributed by atoms with Crippen LogP contribution in [0.3, 0.4) is 0 Å². The van der Waals surface area contributed by atoms with Crippen LogP contribution in [0.4, 0.5) is 0 Å². The molecule has 0 heterocycles. The van der Waals surface area contributed by atoms with Gasteiger partial charge >= 0.3 is 5.97 Å². The highest BCUT2D eigenvalue weighted by molar-refractivity contribution is 5.89. The quantitative estimate of drug-likeness (QED) is 0.320. The maximum absolute atomic E-state index is 11.6. The number of unbranched alkanes of at least 4 members (excludes halogenated alkanes) is 1. The number of rotatable bonds is 10. The van der Waals surface area contributed by atoms with E-state index >= 15 is 0 Å². The van der Waals surface area contributed by atoms with Crippen molar-refractivity contribution in [3.8, 4) is 0 Å². The maximum atomic E-state index is 11.6. The minimum absolute atomic E-state index is 0.0453.